The molecule has 0 unspecified atom stereocenters. The number of benzene rings is 3. The van der Waals surface area contributed by atoms with Gasteiger partial charge in [0, 0.05) is 17.2 Å². The van der Waals surface area contributed by atoms with Crippen LogP contribution in [-0.4, -0.2) is 20.9 Å². The lowest BCUT2D eigenvalue weighted by Crippen LogP contribution is -1.95. The van der Waals surface area contributed by atoms with Crippen molar-refractivity contribution < 1.29 is 23.9 Å². The molecule has 4 nitrogen and oxygen atoms in total. The Morgan fingerprint density at radius 3 is 1.73 bits per heavy atom. The molecule has 0 aromatic heterocycles. The second kappa shape index (κ2) is 11.0. The maximum absolute atomic E-state index is 12.3. The van der Waals surface area contributed by atoms with Gasteiger partial charge in [-0.2, -0.15) is 9.78 Å². The molecule has 0 saturated heterocycles. The van der Waals surface area contributed by atoms with Crippen molar-refractivity contribution in [2.75, 3.05) is 20.9 Å². The molecule has 154 valence electrons. The van der Waals surface area contributed by atoms with E-state index < -0.39 is 0 Å². The average Bonchev–Trinajstić information content (AvgIpc) is 2.78. The SMILES string of the molecule is COOc1cc(OOC)cc(-c2ccc(C#Cc3ccc(CCCF)cc3)cc2)c1. The summed E-state index contributed by atoms with van der Waals surface area (Å²) in [4.78, 5) is 19.7. The van der Waals surface area contributed by atoms with Gasteiger partial charge in [-0.05, 0) is 65.9 Å². The van der Waals surface area contributed by atoms with E-state index in [0.29, 0.717) is 17.9 Å². The largest absolute Gasteiger partial charge is 0.338 e. The fraction of sp³-hybridized carbons (Fsp3) is 0.200. The maximum atomic E-state index is 12.3. The van der Waals surface area contributed by atoms with Gasteiger partial charge in [-0.15, -0.1) is 0 Å². The van der Waals surface area contributed by atoms with Crippen LogP contribution in [0.25, 0.3) is 11.1 Å². The van der Waals surface area contributed by atoms with E-state index in [4.69, 9.17) is 19.6 Å². The van der Waals surface area contributed by atoms with Gasteiger partial charge in [0.25, 0.3) is 0 Å². The first-order chi connectivity index (χ1) is 14.7. The molecule has 0 radical (unpaired) electrons. The quantitative estimate of drug-likeness (QED) is 0.280. The van der Waals surface area contributed by atoms with Crippen molar-refractivity contribution in [3.63, 3.8) is 0 Å². The van der Waals surface area contributed by atoms with Crippen LogP contribution in [0, 0.1) is 11.8 Å². The molecular weight excluding hydrogens is 383 g/mol. The van der Waals surface area contributed by atoms with E-state index >= 15 is 0 Å². The highest BCUT2D eigenvalue weighted by Crippen LogP contribution is 2.30. The molecule has 3 aromatic rings. The minimum absolute atomic E-state index is 0.290. The van der Waals surface area contributed by atoms with Crippen molar-refractivity contribution in [3.8, 4) is 34.5 Å². The van der Waals surface area contributed by atoms with Gasteiger partial charge in [0.05, 0.1) is 20.9 Å². The second-order valence-electron chi connectivity index (χ2n) is 6.51. The third-order valence-corrected chi connectivity index (χ3v) is 4.36. The van der Waals surface area contributed by atoms with Crippen LogP contribution < -0.4 is 9.78 Å². The Morgan fingerprint density at radius 2 is 1.23 bits per heavy atom. The van der Waals surface area contributed by atoms with Gasteiger partial charge < -0.3 is 9.78 Å². The zero-order chi connectivity index (χ0) is 21.2. The predicted molar refractivity (Wildman–Crippen MR) is 114 cm³/mol. The van der Waals surface area contributed by atoms with E-state index in [-0.39, 0.29) is 6.67 Å². The van der Waals surface area contributed by atoms with Gasteiger partial charge in [-0.25, -0.2) is 0 Å². The Balaban J connectivity index is 1.75. The molecule has 0 atom stereocenters. The van der Waals surface area contributed by atoms with Crippen LogP contribution >= 0.6 is 0 Å². The molecule has 0 heterocycles. The average molecular weight is 406 g/mol. The highest BCUT2D eigenvalue weighted by molar-refractivity contribution is 5.68. The summed E-state index contributed by atoms with van der Waals surface area (Å²) in [6.45, 7) is -0.290. The lowest BCUT2D eigenvalue weighted by molar-refractivity contribution is -0.184. The van der Waals surface area contributed by atoms with Crippen LogP contribution in [0.15, 0.2) is 66.7 Å². The normalized spacial score (nSPS) is 10.2. The van der Waals surface area contributed by atoms with Gasteiger partial charge in [0.1, 0.15) is 0 Å². The Labute approximate surface area is 176 Å². The fourth-order valence-electron chi connectivity index (χ4n) is 2.94. The summed E-state index contributed by atoms with van der Waals surface area (Å²) in [6.07, 6.45) is 1.30. The summed E-state index contributed by atoms with van der Waals surface area (Å²) < 4.78 is 12.3. The first-order valence-electron chi connectivity index (χ1n) is 9.55. The van der Waals surface area contributed by atoms with Crippen molar-refractivity contribution in [1.29, 1.82) is 0 Å². The Morgan fingerprint density at radius 1 is 0.700 bits per heavy atom. The van der Waals surface area contributed by atoms with Gasteiger partial charge in [0.15, 0.2) is 11.5 Å². The monoisotopic (exact) mass is 406 g/mol. The van der Waals surface area contributed by atoms with Crippen molar-refractivity contribution >= 4 is 0 Å². The third kappa shape index (κ3) is 6.08. The van der Waals surface area contributed by atoms with Crippen molar-refractivity contribution in [2.45, 2.75) is 12.8 Å². The molecule has 3 rings (SSSR count). The first-order valence-corrected chi connectivity index (χ1v) is 9.55. The molecule has 0 bridgehead atoms. The topological polar surface area (TPSA) is 36.9 Å². The number of alkyl halides is 1. The van der Waals surface area contributed by atoms with Gasteiger partial charge >= 0.3 is 0 Å². The van der Waals surface area contributed by atoms with E-state index in [9.17, 15) is 4.39 Å². The number of rotatable bonds is 8. The van der Waals surface area contributed by atoms with Gasteiger partial charge in [0.2, 0.25) is 0 Å². The molecular formula is C25H23FO4. The minimum Gasteiger partial charge on any atom is -0.338 e. The molecule has 3 aromatic carbocycles. The summed E-state index contributed by atoms with van der Waals surface area (Å²) in [5.74, 6) is 7.33. The number of aryl methyl sites for hydroxylation is 1. The van der Waals surface area contributed by atoms with E-state index in [0.717, 1.165) is 34.2 Å². The molecule has 30 heavy (non-hydrogen) atoms. The summed E-state index contributed by atoms with van der Waals surface area (Å²) >= 11 is 0. The van der Waals surface area contributed by atoms with E-state index in [2.05, 4.69) is 11.8 Å². The molecule has 0 aliphatic heterocycles. The van der Waals surface area contributed by atoms with E-state index in [1.807, 2.05) is 60.7 Å². The van der Waals surface area contributed by atoms with Crippen molar-refractivity contribution in [2.24, 2.45) is 0 Å². The fourth-order valence-corrected chi connectivity index (χ4v) is 2.94. The Bertz CT molecular complexity index is 978. The van der Waals surface area contributed by atoms with Crippen LogP contribution in [0.2, 0.25) is 0 Å². The Hall–Kier alpha value is -3.33. The van der Waals surface area contributed by atoms with Crippen molar-refractivity contribution in [3.05, 3.63) is 83.4 Å². The maximum Gasteiger partial charge on any atom is 0.169 e. The number of hydrogen-bond donors (Lipinski definition) is 0. The molecule has 5 heteroatoms. The lowest BCUT2D eigenvalue weighted by Gasteiger charge is -2.09. The molecule has 0 fully saturated rings. The zero-order valence-corrected chi connectivity index (χ0v) is 17.0. The highest BCUT2D eigenvalue weighted by atomic mass is 19.1. The van der Waals surface area contributed by atoms with E-state index in [1.54, 1.807) is 6.07 Å². The van der Waals surface area contributed by atoms with E-state index in [1.165, 1.54) is 14.2 Å². The van der Waals surface area contributed by atoms with Crippen LogP contribution in [0.3, 0.4) is 0 Å². The standard InChI is InChI=1S/C25H23FO4/c1-27-29-24-16-23(17-25(18-24)30-28-2)22-13-11-21(12-14-22)10-9-20-7-5-19(6-8-20)4-3-15-26/h5-8,11-14,16-18H,3-4,15H2,1-2H3. The summed E-state index contributed by atoms with van der Waals surface area (Å²) in [7, 11) is 2.88. The second-order valence-corrected chi connectivity index (χ2v) is 6.51. The molecule has 0 saturated carbocycles. The molecule has 0 spiro atoms. The third-order valence-electron chi connectivity index (χ3n) is 4.36. The first kappa shape index (κ1) is 21.4. The summed E-state index contributed by atoms with van der Waals surface area (Å²) in [5.41, 5.74) is 4.81. The smallest absolute Gasteiger partial charge is 0.169 e. The summed E-state index contributed by atoms with van der Waals surface area (Å²) in [5, 5.41) is 0. The molecule has 0 N–H and O–H groups in total. The van der Waals surface area contributed by atoms with Gasteiger partial charge in [-0.3, -0.25) is 4.39 Å². The lowest BCUT2D eigenvalue weighted by atomic mass is 10.0. The summed E-state index contributed by atoms with van der Waals surface area (Å²) in [6, 6.07) is 21.2. The van der Waals surface area contributed by atoms with Crippen LogP contribution in [0.4, 0.5) is 4.39 Å². The van der Waals surface area contributed by atoms with Gasteiger partial charge in [-0.1, -0.05) is 36.1 Å². The van der Waals surface area contributed by atoms with Crippen molar-refractivity contribution in [1.82, 2.24) is 0 Å². The predicted octanol–water partition coefficient (Wildman–Crippen LogP) is 5.54. The highest BCUT2D eigenvalue weighted by Gasteiger charge is 2.07. The number of halogens is 1. The zero-order valence-electron chi connectivity index (χ0n) is 17.0. The van der Waals surface area contributed by atoms with Crippen LogP contribution in [-0.2, 0) is 16.2 Å². The molecule has 0 aliphatic carbocycles. The molecule has 0 amide bonds. The van der Waals surface area contributed by atoms with Crippen LogP contribution in [0.5, 0.6) is 11.5 Å². The van der Waals surface area contributed by atoms with Crippen LogP contribution in [0.1, 0.15) is 23.1 Å². The number of hydrogen-bond acceptors (Lipinski definition) is 4. The molecule has 0 aliphatic rings. The minimum atomic E-state index is -0.290. The Kier molecular flexibility index (Phi) is 7.85.